The number of aromatic nitrogens is 1. The van der Waals surface area contributed by atoms with E-state index in [-0.39, 0.29) is 5.82 Å². The fraction of sp³-hybridized carbons (Fsp3) is 0.286. The smallest absolute Gasteiger partial charge is 0.250 e. The molecule has 0 unspecified atom stereocenters. The van der Waals surface area contributed by atoms with Crippen molar-refractivity contribution in [3.05, 3.63) is 59.0 Å². The van der Waals surface area contributed by atoms with E-state index in [0.29, 0.717) is 11.5 Å². The van der Waals surface area contributed by atoms with Crippen molar-refractivity contribution in [3.8, 4) is 11.1 Å². The van der Waals surface area contributed by atoms with Gasteiger partial charge in [-0.25, -0.2) is 4.39 Å². The Morgan fingerprint density at radius 3 is 2.65 bits per heavy atom. The normalized spacial score (nSPS) is 15.5. The highest BCUT2D eigenvalue weighted by atomic mass is 19.1. The van der Waals surface area contributed by atoms with Crippen molar-refractivity contribution < 1.29 is 9.18 Å². The molecule has 3 aromatic rings. The number of carbonyl (C=O) groups is 1. The standard InChI is InChI=1S/C21H22FN3O/c1-12-8-15(22)2-3-16(12)14-9-17-19(13-4-6-24-7-5-13)11-25-20(17)18(10-14)21(23)26/h2-3,8-11,13,24-25H,4-7H2,1H3,(H2,23,26). The number of piperidine rings is 1. The maximum atomic E-state index is 13.5. The molecule has 1 amide bonds. The molecule has 4 rings (SSSR count). The lowest BCUT2D eigenvalue weighted by Crippen LogP contribution is -2.26. The third-order valence-electron chi connectivity index (χ3n) is 5.37. The van der Waals surface area contributed by atoms with Gasteiger partial charge in [0.05, 0.1) is 11.1 Å². The van der Waals surface area contributed by atoms with Gasteiger partial charge in [0.25, 0.3) is 5.91 Å². The molecule has 0 spiro atoms. The van der Waals surface area contributed by atoms with Gasteiger partial charge in [-0.2, -0.15) is 0 Å². The number of halogens is 1. The van der Waals surface area contributed by atoms with Crippen molar-refractivity contribution in [2.75, 3.05) is 13.1 Å². The molecule has 1 aliphatic rings. The number of H-pyrrole nitrogens is 1. The van der Waals surface area contributed by atoms with Crippen LogP contribution >= 0.6 is 0 Å². The third kappa shape index (κ3) is 2.88. The summed E-state index contributed by atoms with van der Waals surface area (Å²) < 4.78 is 13.5. The number of hydrogen-bond donors (Lipinski definition) is 3. The molecular weight excluding hydrogens is 329 g/mol. The molecule has 1 saturated heterocycles. The summed E-state index contributed by atoms with van der Waals surface area (Å²) in [5.41, 5.74) is 10.8. The number of benzene rings is 2. The minimum absolute atomic E-state index is 0.264. The highest BCUT2D eigenvalue weighted by Gasteiger charge is 2.21. The van der Waals surface area contributed by atoms with Crippen molar-refractivity contribution in [1.29, 1.82) is 0 Å². The van der Waals surface area contributed by atoms with Gasteiger partial charge in [0.2, 0.25) is 0 Å². The van der Waals surface area contributed by atoms with E-state index >= 15 is 0 Å². The summed E-state index contributed by atoms with van der Waals surface area (Å²) in [5, 5.41) is 4.42. The predicted octanol–water partition coefficient (Wildman–Crippen LogP) is 3.85. The van der Waals surface area contributed by atoms with E-state index in [0.717, 1.165) is 53.5 Å². The average molecular weight is 351 g/mol. The lowest BCUT2D eigenvalue weighted by Gasteiger charge is -2.22. The number of aryl methyl sites for hydroxylation is 1. The Labute approximate surface area is 151 Å². The van der Waals surface area contributed by atoms with Crippen LogP contribution in [0.3, 0.4) is 0 Å². The van der Waals surface area contributed by atoms with Crippen molar-refractivity contribution in [2.24, 2.45) is 5.73 Å². The van der Waals surface area contributed by atoms with Gasteiger partial charge >= 0.3 is 0 Å². The Hall–Kier alpha value is -2.66. The molecule has 0 radical (unpaired) electrons. The SMILES string of the molecule is Cc1cc(F)ccc1-c1cc(C(N)=O)c2[nH]cc(C3CCNCC3)c2c1. The number of nitrogens with two attached hydrogens (primary N) is 1. The van der Waals surface area contributed by atoms with Crippen molar-refractivity contribution in [1.82, 2.24) is 10.3 Å². The zero-order chi connectivity index (χ0) is 18.3. The molecule has 0 atom stereocenters. The molecule has 1 aromatic heterocycles. The predicted molar refractivity (Wildman–Crippen MR) is 102 cm³/mol. The fourth-order valence-electron chi connectivity index (χ4n) is 4.02. The Bertz CT molecular complexity index is 986. The van der Waals surface area contributed by atoms with Crippen LogP contribution in [0, 0.1) is 12.7 Å². The maximum Gasteiger partial charge on any atom is 0.250 e. The fourth-order valence-corrected chi connectivity index (χ4v) is 4.02. The monoisotopic (exact) mass is 351 g/mol. The maximum absolute atomic E-state index is 13.5. The number of rotatable bonds is 3. The lowest BCUT2D eigenvalue weighted by molar-refractivity contribution is 0.100. The van der Waals surface area contributed by atoms with Crippen molar-refractivity contribution >= 4 is 16.8 Å². The summed E-state index contributed by atoms with van der Waals surface area (Å²) in [6.45, 7) is 3.87. The zero-order valence-corrected chi connectivity index (χ0v) is 14.7. The van der Waals surface area contributed by atoms with Crippen LogP contribution in [0.1, 0.15) is 40.2 Å². The van der Waals surface area contributed by atoms with E-state index < -0.39 is 5.91 Å². The van der Waals surface area contributed by atoms with E-state index in [4.69, 9.17) is 5.73 Å². The van der Waals surface area contributed by atoms with E-state index in [2.05, 4.69) is 16.4 Å². The van der Waals surface area contributed by atoms with Gasteiger partial charge in [0, 0.05) is 11.6 Å². The first-order chi connectivity index (χ1) is 12.5. The van der Waals surface area contributed by atoms with Gasteiger partial charge in [0.1, 0.15) is 5.82 Å². The topological polar surface area (TPSA) is 70.9 Å². The van der Waals surface area contributed by atoms with Crippen LogP contribution in [0.5, 0.6) is 0 Å². The largest absolute Gasteiger partial charge is 0.366 e. The second-order valence-electron chi connectivity index (χ2n) is 7.04. The Balaban J connectivity index is 1.92. The van der Waals surface area contributed by atoms with Crippen LogP contribution in [0.2, 0.25) is 0 Å². The quantitative estimate of drug-likeness (QED) is 0.671. The number of carbonyl (C=O) groups excluding carboxylic acids is 1. The molecular formula is C21H22FN3O. The second kappa shape index (κ2) is 6.57. The van der Waals surface area contributed by atoms with E-state index in [1.54, 1.807) is 12.1 Å². The summed E-state index contributed by atoms with van der Waals surface area (Å²) in [4.78, 5) is 15.3. The van der Waals surface area contributed by atoms with E-state index in [9.17, 15) is 9.18 Å². The van der Waals surface area contributed by atoms with Crippen LogP contribution in [-0.4, -0.2) is 24.0 Å². The first-order valence-electron chi connectivity index (χ1n) is 8.96. The van der Waals surface area contributed by atoms with Crippen LogP contribution in [0.15, 0.2) is 36.5 Å². The third-order valence-corrected chi connectivity index (χ3v) is 5.37. The lowest BCUT2D eigenvalue weighted by atomic mass is 9.88. The number of primary amides is 1. The summed E-state index contributed by atoms with van der Waals surface area (Å²) >= 11 is 0. The molecule has 0 aliphatic carbocycles. The number of amides is 1. The second-order valence-corrected chi connectivity index (χ2v) is 7.04. The molecule has 4 N–H and O–H groups in total. The minimum atomic E-state index is -0.463. The molecule has 4 nitrogen and oxygen atoms in total. The number of nitrogens with one attached hydrogen (secondary N) is 2. The molecule has 0 saturated carbocycles. The minimum Gasteiger partial charge on any atom is -0.366 e. The first-order valence-corrected chi connectivity index (χ1v) is 8.96. The van der Waals surface area contributed by atoms with E-state index in [1.807, 2.05) is 13.1 Å². The Morgan fingerprint density at radius 2 is 1.96 bits per heavy atom. The van der Waals surface area contributed by atoms with Crippen LogP contribution < -0.4 is 11.1 Å². The van der Waals surface area contributed by atoms with Gasteiger partial charge in [-0.1, -0.05) is 6.07 Å². The molecule has 1 fully saturated rings. The Kier molecular flexibility index (Phi) is 4.24. The zero-order valence-electron chi connectivity index (χ0n) is 14.7. The molecule has 1 aliphatic heterocycles. The summed E-state index contributed by atoms with van der Waals surface area (Å²) in [5.74, 6) is -0.273. The molecule has 2 aromatic carbocycles. The number of aromatic amines is 1. The van der Waals surface area contributed by atoms with Crippen LogP contribution in [-0.2, 0) is 0 Å². The summed E-state index contributed by atoms with van der Waals surface area (Å²) in [6.07, 6.45) is 4.14. The van der Waals surface area contributed by atoms with Gasteiger partial charge in [-0.15, -0.1) is 0 Å². The highest BCUT2D eigenvalue weighted by Crippen LogP contribution is 2.36. The molecule has 0 bridgehead atoms. The van der Waals surface area contributed by atoms with Gasteiger partial charge in [-0.3, -0.25) is 4.79 Å². The van der Waals surface area contributed by atoms with Gasteiger partial charge in [0.15, 0.2) is 0 Å². The first kappa shape index (κ1) is 16.8. The van der Waals surface area contributed by atoms with Gasteiger partial charge < -0.3 is 16.0 Å². The number of hydrogen-bond acceptors (Lipinski definition) is 2. The van der Waals surface area contributed by atoms with Crippen LogP contribution in [0.4, 0.5) is 4.39 Å². The summed E-state index contributed by atoms with van der Waals surface area (Å²) in [7, 11) is 0. The summed E-state index contributed by atoms with van der Waals surface area (Å²) in [6, 6.07) is 8.60. The van der Waals surface area contributed by atoms with Gasteiger partial charge in [-0.05, 0) is 85.3 Å². The molecule has 134 valence electrons. The molecule has 5 heteroatoms. The molecule has 2 heterocycles. The van der Waals surface area contributed by atoms with Crippen molar-refractivity contribution in [3.63, 3.8) is 0 Å². The average Bonchev–Trinajstić information content (AvgIpc) is 3.05. The highest BCUT2D eigenvalue weighted by molar-refractivity contribution is 6.07. The van der Waals surface area contributed by atoms with Crippen LogP contribution in [0.25, 0.3) is 22.0 Å². The van der Waals surface area contributed by atoms with Crippen molar-refractivity contribution in [2.45, 2.75) is 25.7 Å². The Morgan fingerprint density at radius 1 is 1.19 bits per heavy atom. The van der Waals surface area contributed by atoms with E-state index in [1.165, 1.54) is 17.7 Å². The number of fused-ring (bicyclic) bond motifs is 1. The molecule has 26 heavy (non-hydrogen) atoms.